The molecule has 26 heavy (non-hydrogen) atoms. The Morgan fingerprint density at radius 1 is 1.19 bits per heavy atom. The summed E-state index contributed by atoms with van der Waals surface area (Å²) >= 11 is 0. The summed E-state index contributed by atoms with van der Waals surface area (Å²) in [6, 6.07) is 8.65. The number of morpholine rings is 1. The molecular formula is C19H23N3O4. The van der Waals surface area contributed by atoms with E-state index in [0.717, 1.165) is 6.42 Å². The van der Waals surface area contributed by atoms with E-state index < -0.39 is 12.1 Å². The summed E-state index contributed by atoms with van der Waals surface area (Å²) in [7, 11) is 0. The first-order valence-corrected chi connectivity index (χ1v) is 8.79. The molecule has 0 spiro atoms. The molecule has 7 nitrogen and oxygen atoms in total. The number of nitrogens with zero attached hydrogens (tertiary/aromatic N) is 2. The third-order valence-electron chi connectivity index (χ3n) is 4.71. The van der Waals surface area contributed by atoms with E-state index in [4.69, 9.17) is 4.74 Å². The summed E-state index contributed by atoms with van der Waals surface area (Å²) in [4.78, 5) is 40.4. The third kappa shape index (κ3) is 3.94. The first kappa shape index (κ1) is 18.1. The molecule has 0 aliphatic carbocycles. The van der Waals surface area contributed by atoms with Crippen molar-refractivity contribution in [3.8, 4) is 0 Å². The van der Waals surface area contributed by atoms with Gasteiger partial charge in [-0.25, -0.2) is 0 Å². The minimum atomic E-state index is -0.738. The van der Waals surface area contributed by atoms with E-state index in [1.807, 2.05) is 30.3 Å². The van der Waals surface area contributed by atoms with Gasteiger partial charge in [-0.05, 0) is 31.1 Å². The lowest BCUT2D eigenvalue weighted by atomic mass is 10.1. The van der Waals surface area contributed by atoms with Crippen LogP contribution in [0.3, 0.4) is 0 Å². The molecule has 1 aromatic carbocycles. The van der Waals surface area contributed by atoms with Crippen molar-refractivity contribution in [2.45, 2.75) is 25.0 Å². The molecule has 3 rings (SSSR count). The van der Waals surface area contributed by atoms with Gasteiger partial charge in [0.15, 0.2) is 6.10 Å². The lowest BCUT2D eigenvalue weighted by molar-refractivity contribution is -0.155. The monoisotopic (exact) mass is 357 g/mol. The summed E-state index contributed by atoms with van der Waals surface area (Å²) in [6.45, 7) is 4.91. The molecule has 2 aliphatic heterocycles. The van der Waals surface area contributed by atoms with E-state index in [0.29, 0.717) is 31.8 Å². The van der Waals surface area contributed by atoms with E-state index in [1.54, 1.807) is 9.80 Å². The van der Waals surface area contributed by atoms with Gasteiger partial charge in [0.1, 0.15) is 6.04 Å². The second-order valence-corrected chi connectivity index (χ2v) is 6.39. The standard InChI is InChI=1S/C19H23N3O4/c1-2-17(23)21-11-12-26-16(13-21)19(25)22-10-6-9-15(22)18(24)20-14-7-4-3-5-8-14/h2-5,7-8,15-16H,1,6,9-13H2,(H,20,24)/t15-,16+/m0/s1. The normalized spacial score (nSPS) is 22.8. The van der Waals surface area contributed by atoms with Gasteiger partial charge >= 0.3 is 0 Å². The first-order valence-electron chi connectivity index (χ1n) is 8.79. The average Bonchev–Trinajstić information content (AvgIpc) is 3.17. The van der Waals surface area contributed by atoms with E-state index in [-0.39, 0.29) is 24.3 Å². The smallest absolute Gasteiger partial charge is 0.254 e. The highest BCUT2D eigenvalue weighted by molar-refractivity contribution is 5.98. The molecule has 0 unspecified atom stereocenters. The van der Waals surface area contributed by atoms with Crippen molar-refractivity contribution >= 4 is 23.4 Å². The molecule has 1 aromatic rings. The second kappa shape index (κ2) is 8.14. The minimum absolute atomic E-state index is 0.188. The lowest BCUT2D eigenvalue weighted by Crippen LogP contribution is -2.54. The number of para-hydroxylation sites is 1. The van der Waals surface area contributed by atoms with Crippen LogP contribution in [-0.4, -0.2) is 65.9 Å². The second-order valence-electron chi connectivity index (χ2n) is 6.39. The van der Waals surface area contributed by atoms with Crippen LogP contribution in [0.5, 0.6) is 0 Å². The molecule has 2 heterocycles. The van der Waals surface area contributed by atoms with Crippen molar-refractivity contribution in [2.24, 2.45) is 0 Å². The van der Waals surface area contributed by atoms with Gasteiger partial charge < -0.3 is 19.9 Å². The van der Waals surface area contributed by atoms with Gasteiger partial charge in [0.05, 0.1) is 13.2 Å². The van der Waals surface area contributed by atoms with E-state index in [9.17, 15) is 14.4 Å². The Balaban J connectivity index is 1.65. The summed E-state index contributed by atoms with van der Waals surface area (Å²) in [5.74, 6) is -0.653. The fourth-order valence-electron chi connectivity index (χ4n) is 3.36. The molecule has 0 saturated carbocycles. The SMILES string of the molecule is C=CC(=O)N1CCO[C@@H](C(=O)N2CCC[C@H]2C(=O)Nc2ccccc2)C1. The number of hydrogen-bond donors (Lipinski definition) is 1. The van der Waals surface area contributed by atoms with Gasteiger partial charge in [0.2, 0.25) is 11.8 Å². The number of carbonyl (C=O) groups is 3. The summed E-state index contributed by atoms with van der Waals surface area (Å²) in [5.41, 5.74) is 0.702. The summed E-state index contributed by atoms with van der Waals surface area (Å²) in [6.07, 6.45) is 1.88. The Morgan fingerprint density at radius 3 is 2.69 bits per heavy atom. The number of hydrogen-bond acceptors (Lipinski definition) is 4. The molecule has 0 aromatic heterocycles. The van der Waals surface area contributed by atoms with Crippen molar-refractivity contribution in [1.82, 2.24) is 9.80 Å². The Kier molecular flexibility index (Phi) is 5.68. The molecule has 2 saturated heterocycles. The third-order valence-corrected chi connectivity index (χ3v) is 4.71. The van der Waals surface area contributed by atoms with Gasteiger partial charge in [-0.2, -0.15) is 0 Å². The maximum absolute atomic E-state index is 12.9. The van der Waals surface area contributed by atoms with Gasteiger partial charge in [-0.3, -0.25) is 14.4 Å². The summed E-state index contributed by atoms with van der Waals surface area (Å²) in [5, 5.41) is 2.86. The van der Waals surface area contributed by atoms with Gasteiger partial charge in [-0.1, -0.05) is 24.8 Å². The van der Waals surface area contributed by atoms with Crippen molar-refractivity contribution in [3.05, 3.63) is 43.0 Å². The van der Waals surface area contributed by atoms with Crippen molar-refractivity contribution in [1.29, 1.82) is 0 Å². The average molecular weight is 357 g/mol. The Morgan fingerprint density at radius 2 is 1.96 bits per heavy atom. The molecule has 3 amide bonds. The van der Waals surface area contributed by atoms with Gasteiger partial charge in [0.25, 0.3) is 5.91 Å². The minimum Gasteiger partial charge on any atom is -0.365 e. The Bertz CT molecular complexity index is 691. The largest absolute Gasteiger partial charge is 0.365 e. The zero-order valence-electron chi connectivity index (χ0n) is 14.6. The molecule has 138 valence electrons. The Labute approximate surface area is 152 Å². The van der Waals surface area contributed by atoms with Crippen LogP contribution in [0.4, 0.5) is 5.69 Å². The number of anilines is 1. The van der Waals surface area contributed by atoms with E-state index >= 15 is 0 Å². The van der Waals surface area contributed by atoms with Gasteiger partial charge in [0, 0.05) is 18.8 Å². The lowest BCUT2D eigenvalue weighted by Gasteiger charge is -2.34. The van der Waals surface area contributed by atoms with Crippen LogP contribution >= 0.6 is 0 Å². The van der Waals surface area contributed by atoms with Crippen molar-refractivity contribution in [2.75, 3.05) is 31.6 Å². The molecule has 7 heteroatoms. The summed E-state index contributed by atoms with van der Waals surface area (Å²) < 4.78 is 5.57. The van der Waals surface area contributed by atoms with Crippen LogP contribution in [0.15, 0.2) is 43.0 Å². The van der Waals surface area contributed by atoms with Gasteiger partial charge in [-0.15, -0.1) is 0 Å². The number of ether oxygens (including phenoxy) is 1. The number of rotatable bonds is 4. The predicted molar refractivity (Wildman–Crippen MR) is 96.3 cm³/mol. The highest BCUT2D eigenvalue weighted by Gasteiger charge is 2.39. The highest BCUT2D eigenvalue weighted by Crippen LogP contribution is 2.22. The zero-order valence-corrected chi connectivity index (χ0v) is 14.6. The van der Waals surface area contributed by atoms with Crippen LogP contribution in [0.2, 0.25) is 0 Å². The fraction of sp³-hybridized carbons (Fsp3) is 0.421. The van der Waals surface area contributed by atoms with Crippen LogP contribution in [0, 0.1) is 0 Å². The molecule has 1 N–H and O–H groups in total. The molecule has 2 fully saturated rings. The number of benzene rings is 1. The number of amides is 3. The van der Waals surface area contributed by atoms with Crippen molar-refractivity contribution < 1.29 is 19.1 Å². The molecule has 0 bridgehead atoms. The molecule has 2 atom stereocenters. The highest BCUT2D eigenvalue weighted by atomic mass is 16.5. The fourth-order valence-corrected chi connectivity index (χ4v) is 3.36. The molecular weight excluding hydrogens is 334 g/mol. The zero-order chi connectivity index (χ0) is 18.5. The molecule has 0 radical (unpaired) electrons. The number of nitrogens with one attached hydrogen (secondary N) is 1. The van der Waals surface area contributed by atoms with E-state index in [2.05, 4.69) is 11.9 Å². The van der Waals surface area contributed by atoms with Crippen LogP contribution in [0.1, 0.15) is 12.8 Å². The maximum Gasteiger partial charge on any atom is 0.254 e. The van der Waals surface area contributed by atoms with Crippen molar-refractivity contribution in [3.63, 3.8) is 0 Å². The predicted octanol–water partition coefficient (Wildman–Crippen LogP) is 1.03. The van der Waals surface area contributed by atoms with Crippen LogP contribution in [0.25, 0.3) is 0 Å². The first-order chi connectivity index (χ1) is 12.6. The molecule has 2 aliphatic rings. The number of carbonyl (C=O) groups excluding carboxylic acids is 3. The van der Waals surface area contributed by atoms with E-state index in [1.165, 1.54) is 6.08 Å². The van der Waals surface area contributed by atoms with Crippen LogP contribution < -0.4 is 5.32 Å². The van der Waals surface area contributed by atoms with Crippen LogP contribution in [-0.2, 0) is 19.1 Å². The quantitative estimate of drug-likeness (QED) is 0.817. The Hall–Kier alpha value is -2.67. The number of likely N-dealkylation sites (tertiary alicyclic amines) is 1. The maximum atomic E-state index is 12.9. The topological polar surface area (TPSA) is 79.0 Å².